The van der Waals surface area contributed by atoms with Crippen LogP contribution in [-0.4, -0.2) is 38.2 Å². The van der Waals surface area contributed by atoms with Crippen molar-refractivity contribution in [1.82, 2.24) is 5.32 Å². The van der Waals surface area contributed by atoms with Crippen LogP contribution in [0.5, 0.6) is 0 Å². The van der Waals surface area contributed by atoms with E-state index in [2.05, 4.69) is 5.32 Å². The molecule has 1 amide bonds. The van der Waals surface area contributed by atoms with E-state index in [4.69, 9.17) is 9.47 Å². The van der Waals surface area contributed by atoms with Gasteiger partial charge in [0.25, 0.3) is 0 Å². The number of amides is 1. The third-order valence-electron chi connectivity index (χ3n) is 2.26. The van der Waals surface area contributed by atoms with Gasteiger partial charge in [-0.15, -0.1) is 0 Å². The summed E-state index contributed by atoms with van der Waals surface area (Å²) in [4.78, 5) is 22.0. The number of methoxy groups -OCH3 is 1. The van der Waals surface area contributed by atoms with E-state index in [1.807, 2.05) is 0 Å². The zero-order valence-electron chi connectivity index (χ0n) is 8.95. The van der Waals surface area contributed by atoms with E-state index in [9.17, 15) is 9.59 Å². The van der Waals surface area contributed by atoms with Crippen molar-refractivity contribution in [3.05, 3.63) is 0 Å². The van der Waals surface area contributed by atoms with E-state index >= 15 is 0 Å². The zero-order chi connectivity index (χ0) is 11.1. The van der Waals surface area contributed by atoms with Crippen molar-refractivity contribution in [2.24, 2.45) is 0 Å². The lowest BCUT2D eigenvalue weighted by molar-refractivity contribution is -0.144. The molecule has 0 spiro atoms. The smallest absolute Gasteiger partial charge is 0.305 e. The molecule has 1 atom stereocenters. The van der Waals surface area contributed by atoms with Crippen molar-refractivity contribution in [1.29, 1.82) is 0 Å². The predicted octanol–water partition coefficient (Wildman–Crippen LogP) is 0.235. The quantitative estimate of drug-likeness (QED) is 0.509. The molecule has 0 radical (unpaired) electrons. The second kappa shape index (κ2) is 6.40. The molecule has 1 aliphatic rings. The van der Waals surface area contributed by atoms with Crippen molar-refractivity contribution < 1.29 is 19.1 Å². The van der Waals surface area contributed by atoms with Gasteiger partial charge in [0, 0.05) is 26.6 Å². The molecular weight excluding hydrogens is 198 g/mol. The van der Waals surface area contributed by atoms with Gasteiger partial charge in [0.15, 0.2) is 0 Å². The SMILES string of the molecule is COCCCC(=O)OCC1CCC(=O)N1. The topological polar surface area (TPSA) is 64.6 Å². The zero-order valence-corrected chi connectivity index (χ0v) is 8.95. The summed E-state index contributed by atoms with van der Waals surface area (Å²) in [6, 6.07) is 0.00359. The maximum Gasteiger partial charge on any atom is 0.305 e. The summed E-state index contributed by atoms with van der Waals surface area (Å²) in [5, 5.41) is 2.74. The fourth-order valence-corrected chi connectivity index (χ4v) is 1.43. The second-order valence-electron chi connectivity index (χ2n) is 3.58. The second-order valence-corrected chi connectivity index (χ2v) is 3.58. The van der Waals surface area contributed by atoms with Gasteiger partial charge in [0.05, 0.1) is 6.04 Å². The molecule has 5 heteroatoms. The Hall–Kier alpha value is -1.10. The number of carbonyl (C=O) groups is 2. The van der Waals surface area contributed by atoms with E-state index in [-0.39, 0.29) is 24.5 Å². The average molecular weight is 215 g/mol. The standard InChI is InChI=1S/C10H17NO4/c1-14-6-2-3-10(13)15-7-8-4-5-9(12)11-8/h8H,2-7H2,1H3,(H,11,12). The van der Waals surface area contributed by atoms with Gasteiger partial charge in [-0.3, -0.25) is 9.59 Å². The molecule has 15 heavy (non-hydrogen) atoms. The number of nitrogens with one attached hydrogen (secondary N) is 1. The van der Waals surface area contributed by atoms with Gasteiger partial charge in [0.2, 0.25) is 5.91 Å². The molecule has 0 aromatic carbocycles. The highest BCUT2D eigenvalue weighted by Crippen LogP contribution is 2.07. The lowest BCUT2D eigenvalue weighted by Crippen LogP contribution is -2.30. The first kappa shape index (κ1) is 12.0. The lowest BCUT2D eigenvalue weighted by Gasteiger charge is -2.10. The molecule has 5 nitrogen and oxygen atoms in total. The molecule has 1 heterocycles. The highest BCUT2D eigenvalue weighted by atomic mass is 16.5. The predicted molar refractivity (Wildman–Crippen MR) is 53.2 cm³/mol. The molecule has 0 aliphatic carbocycles. The summed E-state index contributed by atoms with van der Waals surface area (Å²) in [7, 11) is 1.60. The van der Waals surface area contributed by atoms with Crippen molar-refractivity contribution in [3.8, 4) is 0 Å². The molecular formula is C10H17NO4. The maximum atomic E-state index is 11.2. The molecule has 1 saturated heterocycles. The molecule has 1 unspecified atom stereocenters. The van der Waals surface area contributed by atoms with E-state index in [1.54, 1.807) is 7.11 Å². The van der Waals surface area contributed by atoms with Crippen LogP contribution in [0.2, 0.25) is 0 Å². The third-order valence-corrected chi connectivity index (χ3v) is 2.26. The van der Waals surface area contributed by atoms with Gasteiger partial charge in [-0.2, -0.15) is 0 Å². The molecule has 86 valence electrons. The number of rotatable bonds is 6. The largest absolute Gasteiger partial charge is 0.463 e. The van der Waals surface area contributed by atoms with Crippen LogP contribution >= 0.6 is 0 Å². The number of ether oxygens (including phenoxy) is 2. The number of hydrogen-bond donors (Lipinski definition) is 1. The molecule has 1 N–H and O–H groups in total. The summed E-state index contributed by atoms with van der Waals surface area (Å²) >= 11 is 0. The monoisotopic (exact) mass is 215 g/mol. The lowest BCUT2D eigenvalue weighted by atomic mass is 10.2. The van der Waals surface area contributed by atoms with Gasteiger partial charge >= 0.3 is 5.97 Å². The Kier molecular flexibility index (Phi) is 5.10. The summed E-state index contributed by atoms with van der Waals surface area (Å²) in [6.45, 7) is 0.854. The van der Waals surface area contributed by atoms with Crippen LogP contribution in [0.1, 0.15) is 25.7 Å². The van der Waals surface area contributed by atoms with Gasteiger partial charge in [-0.25, -0.2) is 0 Å². The van der Waals surface area contributed by atoms with Crippen molar-refractivity contribution in [3.63, 3.8) is 0 Å². The fraction of sp³-hybridized carbons (Fsp3) is 0.800. The molecule has 0 bridgehead atoms. The minimum atomic E-state index is -0.229. The highest BCUT2D eigenvalue weighted by molar-refractivity contribution is 5.78. The molecule has 0 aromatic heterocycles. The Morgan fingerprint density at radius 2 is 2.40 bits per heavy atom. The van der Waals surface area contributed by atoms with Crippen LogP contribution in [0.25, 0.3) is 0 Å². The third kappa shape index (κ3) is 4.78. The van der Waals surface area contributed by atoms with Gasteiger partial charge in [-0.1, -0.05) is 0 Å². The first-order chi connectivity index (χ1) is 7.22. The van der Waals surface area contributed by atoms with E-state index in [1.165, 1.54) is 0 Å². The first-order valence-corrected chi connectivity index (χ1v) is 5.16. The van der Waals surface area contributed by atoms with Gasteiger partial charge in [0.1, 0.15) is 6.61 Å². The van der Waals surface area contributed by atoms with Crippen molar-refractivity contribution >= 4 is 11.9 Å². The first-order valence-electron chi connectivity index (χ1n) is 5.16. The Bertz CT molecular complexity index is 229. The summed E-state index contributed by atoms with van der Waals surface area (Å²) in [6.07, 6.45) is 2.33. The van der Waals surface area contributed by atoms with Crippen LogP contribution in [0.4, 0.5) is 0 Å². The molecule has 0 aromatic rings. The van der Waals surface area contributed by atoms with Gasteiger partial charge < -0.3 is 14.8 Å². The van der Waals surface area contributed by atoms with Crippen LogP contribution in [0.15, 0.2) is 0 Å². The minimum absolute atomic E-state index is 0.00359. The Balaban J connectivity index is 2.03. The van der Waals surface area contributed by atoms with E-state index in [0.29, 0.717) is 25.9 Å². The fourth-order valence-electron chi connectivity index (χ4n) is 1.43. The highest BCUT2D eigenvalue weighted by Gasteiger charge is 2.21. The van der Waals surface area contributed by atoms with Crippen LogP contribution in [-0.2, 0) is 19.1 Å². The molecule has 1 fully saturated rings. The van der Waals surface area contributed by atoms with Crippen LogP contribution < -0.4 is 5.32 Å². The Morgan fingerprint density at radius 3 is 3.00 bits per heavy atom. The van der Waals surface area contributed by atoms with Crippen LogP contribution in [0, 0.1) is 0 Å². The van der Waals surface area contributed by atoms with Crippen LogP contribution in [0.3, 0.4) is 0 Å². The average Bonchev–Trinajstić information content (AvgIpc) is 2.62. The molecule has 0 saturated carbocycles. The van der Waals surface area contributed by atoms with Crippen molar-refractivity contribution in [2.75, 3.05) is 20.3 Å². The molecule has 1 rings (SSSR count). The van der Waals surface area contributed by atoms with Crippen molar-refractivity contribution in [2.45, 2.75) is 31.7 Å². The minimum Gasteiger partial charge on any atom is -0.463 e. The number of esters is 1. The Labute approximate surface area is 89.1 Å². The normalized spacial score (nSPS) is 20.1. The summed E-state index contributed by atoms with van der Waals surface area (Å²) in [5.41, 5.74) is 0. The number of hydrogen-bond acceptors (Lipinski definition) is 4. The Morgan fingerprint density at radius 1 is 1.60 bits per heavy atom. The van der Waals surface area contributed by atoms with E-state index < -0.39 is 0 Å². The maximum absolute atomic E-state index is 11.2. The van der Waals surface area contributed by atoms with Gasteiger partial charge in [-0.05, 0) is 12.8 Å². The summed E-state index contributed by atoms with van der Waals surface area (Å²) < 4.78 is 9.83. The molecule has 1 aliphatic heterocycles. The van der Waals surface area contributed by atoms with E-state index in [0.717, 1.165) is 6.42 Å². The number of carbonyl (C=O) groups excluding carboxylic acids is 2. The summed E-state index contributed by atoms with van der Waals surface area (Å²) in [5.74, 6) is -0.191.